The van der Waals surface area contributed by atoms with Crippen molar-refractivity contribution < 1.29 is 4.79 Å². The smallest absolute Gasteiger partial charge is 0.224 e. The Hall–Kier alpha value is -0.570. The van der Waals surface area contributed by atoms with E-state index in [9.17, 15) is 4.79 Å². The Morgan fingerprint density at radius 3 is 3.25 bits per heavy atom. The van der Waals surface area contributed by atoms with Crippen LogP contribution in [-0.2, 0) is 4.79 Å². The number of nitrogens with zero attached hydrogens (tertiary/aromatic N) is 1. The van der Waals surface area contributed by atoms with Crippen molar-refractivity contribution in [3.63, 3.8) is 0 Å². The summed E-state index contributed by atoms with van der Waals surface area (Å²) in [6.07, 6.45) is 3.11. The molecule has 0 unspecified atom stereocenters. The Bertz CT molecular complexity index is 193. The van der Waals surface area contributed by atoms with Crippen LogP contribution in [0.4, 0.5) is 0 Å². The summed E-state index contributed by atoms with van der Waals surface area (Å²) >= 11 is 0. The number of nitrogens with one attached hydrogen (secondary N) is 1. The zero-order valence-electron chi connectivity index (χ0n) is 7.55. The Morgan fingerprint density at radius 2 is 2.50 bits per heavy atom. The van der Waals surface area contributed by atoms with Crippen LogP contribution in [0, 0.1) is 0 Å². The van der Waals surface area contributed by atoms with Crippen LogP contribution in [0.5, 0.6) is 0 Å². The number of carbonyl (C=O) groups excluding carboxylic acids is 1. The Balaban J connectivity index is 2.04. The molecule has 3 nitrogen and oxygen atoms in total. The van der Waals surface area contributed by atoms with Gasteiger partial charge in [-0.3, -0.25) is 4.79 Å². The standard InChI is InChI=1S/C9H16N2O/c1-2-10-7-6-9(12)11-5-3-4-8(7)11/h7-8,10H,2-6H2,1H3/t7-,8-/m0/s1. The van der Waals surface area contributed by atoms with Crippen molar-refractivity contribution in [1.29, 1.82) is 0 Å². The van der Waals surface area contributed by atoms with Crippen molar-refractivity contribution in [3.8, 4) is 0 Å². The second-order valence-electron chi connectivity index (χ2n) is 3.67. The van der Waals surface area contributed by atoms with Crippen molar-refractivity contribution in [2.75, 3.05) is 13.1 Å². The number of hydrogen-bond acceptors (Lipinski definition) is 2. The maximum atomic E-state index is 11.4. The fraction of sp³-hybridized carbons (Fsp3) is 0.889. The van der Waals surface area contributed by atoms with E-state index in [2.05, 4.69) is 12.2 Å². The molecule has 1 amide bonds. The van der Waals surface area contributed by atoms with Gasteiger partial charge in [0.1, 0.15) is 0 Å². The van der Waals surface area contributed by atoms with Gasteiger partial charge in [0.2, 0.25) is 5.91 Å². The monoisotopic (exact) mass is 168 g/mol. The summed E-state index contributed by atoms with van der Waals surface area (Å²) in [7, 11) is 0. The van der Waals surface area contributed by atoms with E-state index < -0.39 is 0 Å². The summed E-state index contributed by atoms with van der Waals surface area (Å²) in [6.45, 7) is 4.07. The van der Waals surface area contributed by atoms with E-state index in [1.165, 1.54) is 12.8 Å². The molecule has 1 N–H and O–H groups in total. The van der Waals surface area contributed by atoms with Gasteiger partial charge < -0.3 is 10.2 Å². The average Bonchev–Trinajstić information content (AvgIpc) is 2.58. The molecule has 0 aromatic rings. The van der Waals surface area contributed by atoms with Crippen molar-refractivity contribution >= 4 is 5.91 Å². The molecule has 0 aliphatic carbocycles. The van der Waals surface area contributed by atoms with Crippen LogP contribution in [-0.4, -0.2) is 36.0 Å². The molecule has 2 saturated heterocycles. The highest BCUT2D eigenvalue weighted by Crippen LogP contribution is 2.28. The normalized spacial score (nSPS) is 34.4. The molecule has 2 rings (SSSR count). The minimum absolute atomic E-state index is 0.350. The number of amides is 1. The van der Waals surface area contributed by atoms with Gasteiger partial charge in [-0.1, -0.05) is 6.92 Å². The lowest BCUT2D eigenvalue weighted by Gasteiger charge is -2.20. The van der Waals surface area contributed by atoms with Crippen LogP contribution in [0.2, 0.25) is 0 Å². The van der Waals surface area contributed by atoms with Gasteiger partial charge in [0.25, 0.3) is 0 Å². The highest BCUT2D eigenvalue weighted by Gasteiger charge is 2.41. The quantitative estimate of drug-likeness (QED) is 0.645. The predicted molar refractivity (Wildman–Crippen MR) is 46.8 cm³/mol. The summed E-state index contributed by atoms with van der Waals surface area (Å²) in [4.78, 5) is 13.5. The Morgan fingerprint density at radius 1 is 1.67 bits per heavy atom. The van der Waals surface area contributed by atoms with Crippen LogP contribution in [0.1, 0.15) is 26.2 Å². The summed E-state index contributed by atoms with van der Waals surface area (Å²) < 4.78 is 0. The second-order valence-corrected chi connectivity index (χ2v) is 3.67. The Labute approximate surface area is 73.1 Å². The van der Waals surface area contributed by atoms with Gasteiger partial charge >= 0.3 is 0 Å². The number of hydrogen-bond donors (Lipinski definition) is 1. The maximum absolute atomic E-state index is 11.4. The zero-order chi connectivity index (χ0) is 8.55. The van der Waals surface area contributed by atoms with E-state index in [0.29, 0.717) is 18.0 Å². The number of rotatable bonds is 2. The molecule has 3 heteroatoms. The third kappa shape index (κ3) is 1.12. The minimum atomic E-state index is 0.350. The second kappa shape index (κ2) is 3.05. The third-order valence-electron chi connectivity index (χ3n) is 2.94. The summed E-state index contributed by atoms with van der Waals surface area (Å²) in [5, 5.41) is 3.38. The van der Waals surface area contributed by atoms with Crippen molar-refractivity contribution in [1.82, 2.24) is 10.2 Å². The first-order valence-electron chi connectivity index (χ1n) is 4.85. The molecular formula is C9H16N2O. The highest BCUT2D eigenvalue weighted by atomic mass is 16.2. The first-order chi connectivity index (χ1) is 5.83. The van der Waals surface area contributed by atoms with Gasteiger partial charge in [0.15, 0.2) is 0 Å². The van der Waals surface area contributed by atoms with E-state index in [4.69, 9.17) is 0 Å². The molecule has 0 spiro atoms. The molecule has 0 aromatic heterocycles. The van der Waals surface area contributed by atoms with Crippen LogP contribution < -0.4 is 5.32 Å². The molecule has 12 heavy (non-hydrogen) atoms. The Kier molecular flexibility index (Phi) is 2.05. The SMILES string of the molecule is CCN[C@H]1CC(=O)N2CCC[C@@H]12. The van der Waals surface area contributed by atoms with E-state index in [0.717, 1.165) is 19.5 Å². The molecule has 68 valence electrons. The maximum Gasteiger partial charge on any atom is 0.224 e. The molecule has 0 radical (unpaired) electrons. The molecule has 2 aliphatic rings. The zero-order valence-corrected chi connectivity index (χ0v) is 7.55. The third-order valence-corrected chi connectivity index (χ3v) is 2.94. The molecule has 2 fully saturated rings. The summed E-state index contributed by atoms with van der Waals surface area (Å²) in [5.41, 5.74) is 0. The van der Waals surface area contributed by atoms with Crippen molar-refractivity contribution in [2.24, 2.45) is 0 Å². The fourth-order valence-corrected chi connectivity index (χ4v) is 2.43. The van der Waals surface area contributed by atoms with Crippen LogP contribution in [0.3, 0.4) is 0 Å². The first-order valence-corrected chi connectivity index (χ1v) is 4.85. The van der Waals surface area contributed by atoms with E-state index in [1.807, 2.05) is 4.90 Å². The van der Waals surface area contributed by atoms with Gasteiger partial charge in [0.05, 0.1) is 0 Å². The van der Waals surface area contributed by atoms with E-state index in [-0.39, 0.29) is 0 Å². The largest absolute Gasteiger partial charge is 0.338 e. The van der Waals surface area contributed by atoms with Gasteiger partial charge in [-0.05, 0) is 19.4 Å². The molecule has 2 atom stereocenters. The molecule has 0 saturated carbocycles. The van der Waals surface area contributed by atoms with Crippen molar-refractivity contribution in [2.45, 2.75) is 38.3 Å². The molecule has 2 aliphatic heterocycles. The number of carbonyl (C=O) groups is 1. The number of likely N-dealkylation sites (N-methyl/N-ethyl adjacent to an activating group) is 1. The van der Waals surface area contributed by atoms with Crippen LogP contribution in [0.15, 0.2) is 0 Å². The van der Waals surface area contributed by atoms with Gasteiger partial charge in [-0.15, -0.1) is 0 Å². The fourth-order valence-electron chi connectivity index (χ4n) is 2.43. The van der Waals surface area contributed by atoms with E-state index in [1.54, 1.807) is 0 Å². The predicted octanol–water partition coefficient (Wildman–Crippen LogP) is 0.359. The van der Waals surface area contributed by atoms with Gasteiger partial charge in [-0.25, -0.2) is 0 Å². The molecule has 2 heterocycles. The van der Waals surface area contributed by atoms with Gasteiger partial charge in [0, 0.05) is 25.0 Å². The first kappa shape index (κ1) is 8.05. The molecule has 0 bridgehead atoms. The summed E-state index contributed by atoms with van der Waals surface area (Å²) in [6, 6.07) is 0.947. The van der Waals surface area contributed by atoms with Crippen LogP contribution >= 0.6 is 0 Å². The van der Waals surface area contributed by atoms with Crippen LogP contribution in [0.25, 0.3) is 0 Å². The highest BCUT2D eigenvalue weighted by molar-refractivity contribution is 5.80. The minimum Gasteiger partial charge on any atom is -0.338 e. The van der Waals surface area contributed by atoms with Crippen molar-refractivity contribution in [3.05, 3.63) is 0 Å². The van der Waals surface area contributed by atoms with E-state index >= 15 is 0 Å². The number of fused-ring (bicyclic) bond motifs is 1. The average molecular weight is 168 g/mol. The lowest BCUT2D eigenvalue weighted by Crippen LogP contribution is -2.39. The summed E-state index contributed by atoms with van der Waals surface area (Å²) in [5.74, 6) is 0.350. The lowest BCUT2D eigenvalue weighted by atomic mass is 10.1. The molecule has 0 aromatic carbocycles. The lowest BCUT2D eigenvalue weighted by molar-refractivity contribution is -0.127. The van der Waals surface area contributed by atoms with Gasteiger partial charge in [-0.2, -0.15) is 0 Å². The molecular weight excluding hydrogens is 152 g/mol. The topological polar surface area (TPSA) is 32.3 Å².